The minimum atomic E-state index is -0.129. The maximum absolute atomic E-state index is 12.4. The van der Waals surface area contributed by atoms with Crippen LogP contribution in [0.15, 0.2) is 71.8 Å². The Labute approximate surface area is 162 Å². The molecule has 0 saturated heterocycles. The molecule has 0 bridgehead atoms. The predicted octanol–water partition coefficient (Wildman–Crippen LogP) is 3.22. The van der Waals surface area contributed by atoms with Crippen LogP contribution in [0, 0.1) is 6.92 Å². The first kappa shape index (κ1) is 17.7. The number of carbonyl (C=O) groups excluding carboxylic acids is 1. The average Bonchev–Trinajstić information content (AvgIpc) is 3.39. The predicted molar refractivity (Wildman–Crippen MR) is 103 cm³/mol. The lowest BCUT2D eigenvalue weighted by Gasteiger charge is -2.07. The summed E-state index contributed by atoms with van der Waals surface area (Å²) >= 11 is 0. The quantitative estimate of drug-likeness (QED) is 0.561. The van der Waals surface area contributed by atoms with Crippen LogP contribution in [0.5, 0.6) is 0 Å². The summed E-state index contributed by atoms with van der Waals surface area (Å²) in [5.74, 6) is 0.892. The number of nitrogens with zero attached hydrogens (tertiary/aromatic N) is 4. The lowest BCUT2D eigenvalue weighted by Crippen LogP contribution is -2.22. The molecule has 0 fully saturated rings. The highest BCUT2D eigenvalue weighted by Crippen LogP contribution is 2.17. The van der Waals surface area contributed by atoms with Crippen molar-refractivity contribution in [3.63, 3.8) is 0 Å². The van der Waals surface area contributed by atoms with Crippen LogP contribution < -0.4 is 5.32 Å². The Morgan fingerprint density at radius 1 is 1.07 bits per heavy atom. The molecule has 4 aromatic rings. The first-order valence-corrected chi connectivity index (χ1v) is 8.90. The Balaban J connectivity index is 1.33. The van der Waals surface area contributed by atoms with E-state index in [9.17, 15) is 4.79 Å². The fraction of sp³-hybridized carbons (Fsp3) is 0.143. The highest BCUT2D eigenvalue weighted by atomic mass is 16.5. The number of amides is 1. The largest absolute Gasteiger partial charge is 0.348 e. The van der Waals surface area contributed by atoms with Gasteiger partial charge in [0.15, 0.2) is 5.82 Å². The van der Waals surface area contributed by atoms with Crippen LogP contribution >= 0.6 is 0 Å². The van der Waals surface area contributed by atoms with E-state index in [0.717, 1.165) is 17.7 Å². The van der Waals surface area contributed by atoms with Crippen molar-refractivity contribution in [1.29, 1.82) is 0 Å². The molecule has 1 N–H and O–H groups in total. The zero-order valence-corrected chi connectivity index (χ0v) is 15.4. The van der Waals surface area contributed by atoms with Gasteiger partial charge in [-0.1, -0.05) is 29.4 Å². The van der Waals surface area contributed by atoms with Gasteiger partial charge in [0, 0.05) is 36.6 Å². The van der Waals surface area contributed by atoms with E-state index in [-0.39, 0.29) is 5.91 Å². The Kier molecular flexibility index (Phi) is 4.97. The number of aromatic nitrogens is 4. The van der Waals surface area contributed by atoms with Crippen molar-refractivity contribution in [3.8, 4) is 11.5 Å². The molecule has 0 aliphatic carbocycles. The number of nitrogens with one attached hydrogen (secondary N) is 1. The Morgan fingerprint density at radius 2 is 1.82 bits per heavy atom. The summed E-state index contributed by atoms with van der Waals surface area (Å²) < 4.78 is 7.14. The molecule has 28 heavy (non-hydrogen) atoms. The zero-order chi connectivity index (χ0) is 19.3. The molecule has 2 aromatic heterocycles. The van der Waals surface area contributed by atoms with Crippen molar-refractivity contribution in [2.24, 2.45) is 0 Å². The van der Waals surface area contributed by atoms with Gasteiger partial charge in [0.2, 0.25) is 0 Å². The van der Waals surface area contributed by atoms with Gasteiger partial charge in [0.1, 0.15) is 0 Å². The van der Waals surface area contributed by atoms with Crippen LogP contribution in [0.1, 0.15) is 27.3 Å². The molecule has 140 valence electrons. The van der Waals surface area contributed by atoms with Gasteiger partial charge in [-0.05, 0) is 42.3 Å². The van der Waals surface area contributed by atoms with E-state index in [1.54, 1.807) is 43.7 Å². The van der Waals surface area contributed by atoms with Gasteiger partial charge in [0.05, 0.1) is 6.33 Å². The lowest BCUT2D eigenvalue weighted by atomic mass is 10.1. The third-order valence-electron chi connectivity index (χ3n) is 4.32. The fourth-order valence-electron chi connectivity index (χ4n) is 2.82. The normalized spacial score (nSPS) is 10.8. The molecule has 0 aliphatic rings. The van der Waals surface area contributed by atoms with E-state index >= 15 is 0 Å². The van der Waals surface area contributed by atoms with E-state index in [0.29, 0.717) is 23.8 Å². The number of carbonyl (C=O) groups is 1. The van der Waals surface area contributed by atoms with Crippen molar-refractivity contribution >= 4 is 5.91 Å². The summed E-state index contributed by atoms with van der Waals surface area (Å²) in [7, 11) is 0. The molecule has 2 aromatic carbocycles. The summed E-state index contributed by atoms with van der Waals surface area (Å²) in [6, 6.07) is 15.3. The number of benzene rings is 2. The smallest absolute Gasteiger partial charge is 0.257 e. The molecule has 0 spiro atoms. The molecule has 0 atom stereocenters. The minimum absolute atomic E-state index is 0.129. The summed E-state index contributed by atoms with van der Waals surface area (Å²) in [5.41, 5.74) is 3.59. The number of rotatable bonds is 6. The molecule has 7 nitrogen and oxygen atoms in total. The highest BCUT2D eigenvalue weighted by Gasteiger charge is 2.09. The van der Waals surface area contributed by atoms with Crippen LogP contribution in [0.2, 0.25) is 0 Å². The molecule has 0 radical (unpaired) electrons. The highest BCUT2D eigenvalue weighted by molar-refractivity contribution is 5.94. The summed E-state index contributed by atoms with van der Waals surface area (Å²) in [6.07, 6.45) is 5.48. The minimum Gasteiger partial charge on any atom is -0.348 e. The third kappa shape index (κ3) is 4.15. The third-order valence-corrected chi connectivity index (χ3v) is 4.32. The van der Waals surface area contributed by atoms with E-state index in [2.05, 4.69) is 32.6 Å². The topological polar surface area (TPSA) is 85.8 Å². The number of imidazole rings is 1. The van der Waals surface area contributed by atoms with E-state index in [1.807, 2.05) is 22.9 Å². The molecule has 2 heterocycles. The van der Waals surface area contributed by atoms with Crippen LogP contribution in [-0.4, -0.2) is 25.6 Å². The SMILES string of the molecule is Cc1noc(-c2ccc(C(=O)NCc3ccc(Cn4ccnc4)cc3)cc2)n1. The van der Waals surface area contributed by atoms with Crippen molar-refractivity contribution < 1.29 is 9.32 Å². The Bertz CT molecular complexity index is 1050. The summed E-state index contributed by atoms with van der Waals surface area (Å²) in [4.78, 5) is 20.6. The van der Waals surface area contributed by atoms with Gasteiger partial charge >= 0.3 is 0 Å². The molecule has 4 rings (SSSR count). The summed E-state index contributed by atoms with van der Waals surface area (Å²) in [5, 5.41) is 6.71. The first-order chi connectivity index (χ1) is 13.7. The van der Waals surface area contributed by atoms with E-state index in [4.69, 9.17) is 4.52 Å². The zero-order valence-electron chi connectivity index (χ0n) is 15.4. The number of aryl methyl sites for hydroxylation is 1. The second-order valence-electron chi connectivity index (χ2n) is 6.46. The molecule has 7 heteroatoms. The summed E-state index contributed by atoms with van der Waals surface area (Å²) in [6.45, 7) is 3.01. The number of hydrogen-bond acceptors (Lipinski definition) is 5. The van der Waals surface area contributed by atoms with Crippen LogP contribution in [-0.2, 0) is 13.1 Å². The van der Waals surface area contributed by atoms with Gasteiger partial charge in [0.25, 0.3) is 11.8 Å². The van der Waals surface area contributed by atoms with Crippen molar-refractivity contribution in [2.75, 3.05) is 0 Å². The molecule has 0 unspecified atom stereocenters. The van der Waals surface area contributed by atoms with Crippen molar-refractivity contribution in [1.82, 2.24) is 25.0 Å². The Morgan fingerprint density at radius 3 is 2.46 bits per heavy atom. The van der Waals surface area contributed by atoms with Crippen molar-refractivity contribution in [2.45, 2.75) is 20.0 Å². The van der Waals surface area contributed by atoms with Gasteiger partial charge in [-0.2, -0.15) is 4.98 Å². The van der Waals surface area contributed by atoms with Gasteiger partial charge in [-0.3, -0.25) is 4.79 Å². The van der Waals surface area contributed by atoms with E-state index in [1.165, 1.54) is 5.56 Å². The molecule has 0 aliphatic heterocycles. The van der Waals surface area contributed by atoms with Gasteiger partial charge in [-0.15, -0.1) is 0 Å². The maximum atomic E-state index is 12.4. The monoisotopic (exact) mass is 373 g/mol. The van der Waals surface area contributed by atoms with Gasteiger partial charge < -0.3 is 14.4 Å². The van der Waals surface area contributed by atoms with Crippen molar-refractivity contribution in [3.05, 3.63) is 89.8 Å². The second-order valence-corrected chi connectivity index (χ2v) is 6.46. The molecule has 0 saturated carbocycles. The molecular weight excluding hydrogens is 354 g/mol. The number of hydrogen-bond donors (Lipinski definition) is 1. The second kappa shape index (κ2) is 7.87. The average molecular weight is 373 g/mol. The standard InChI is InChI=1S/C21H19N5O2/c1-15-24-21(28-25-15)19-8-6-18(7-9-19)20(27)23-12-16-2-4-17(5-3-16)13-26-11-10-22-14-26/h2-11,14H,12-13H2,1H3,(H,23,27). The van der Waals surface area contributed by atoms with Crippen LogP contribution in [0.25, 0.3) is 11.5 Å². The fourth-order valence-corrected chi connectivity index (χ4v) is 2.82. The Hall–Kier alpha value is -3.74. The molecular formula is C21H19N5O2. The van der Waals surface area contributed by atoms with Gasteiger partial charge in [-0.25, -0.2) is 4.98 Å². The lowest BCUT2D eigenvalue weighted by molar-refractivity contribution is 0.0951. The van der Waals surface area contributed by atoms with Crippen LogP contribution in [0.3, 0.4) is 0 Å². The van der Waals surface area contributed by atoms with Crippen LogP contribution in [0.4, 0.5) is 0 Å². The van der Waals surface area contributed by atoms with E-state index < -0.39 is 0 Å². The maximum Gasteiger partial charge on any atom is 0.257 e. The molecule has 1 amide bonds. The first-order valence-electron chi connectivity index (χ1n) is 8.90.